The first-order chi connectivity index (χ1) is 14.7. The molecule has 1 spiro atoms. The van der Waals surface area contributed by atoms with Crippen molar-refractivity contribution in [2.24, 2.45) is 11.3 Å². The highest BCUT2D eigenvalue weighted by molar-refractivity contribution is 6.07. The minimum atomic E-state index is -0.726. The molecule has 2 saturated heterocycles. The summed E-state index contributed by atoms with van der Waals surface area (Å²) in [5.41, 5.74) is 0.434. The predicted octanol–water partition coefficient (Wildman–Crippen LogP) is 3.30. The van der Waals surface area contributed by atoms with Gasteiger partial charge in [0.15, 0.2) is 0 Å². The van der Waals surface area contributed by atoms with Crippen LogP contribution in [-0.4, -0.2) is 66.7 Å². The fourth-order valence-corrected chi connectivity index (χ4v) is 5.96. The highest BCUT2D eigenvalue weighted by atomic mass is 16.5. The molecule has 0 aromatic heterocycles. The number of amides is 3. The first-order valence-electron chi connectivity index (χ1n) is 11.6. The second kappa shape index (κ2) is 8.34. The lowest BCUT2D eigenvalue weighted by Gasteiger charge is -2.44. The lowest BCUT2D eigenvalue weighted by Crippen LogP contribution is -2.55. The smallest absolute Gasteiger partial charge is 0.326 e. The zero-order valence-corrected chi connectivity index (χ0v) is 19.3. The molecule has 1 N–H and O–H groups in total. The van der Waals surface area contributed by atoms with E-state index in [1.54, 1.807) is 0 Å². The molecule has 0 bridgehead atoms. The summed E-state index contributed by atoms with van der Waals surface area (Å²) in [6.45, 7) is 12.8. The molecular weight excluding hydrogens is 392 g/mol. The number of benzene rings is 1. The van der Waals surface area contributed by atoms with E-state index in [4.69, 9.17) is 4.74 Å². The van der Waals surface area contributed by atoms with Gasteiger partial charge in [-0.1, -0.05) is 32.9 Å². The van der Waals surface area contributed by atoms with Crippen LogP contribution in [-0.2, 0) is 4.79 Å². The lowest BCUT2D eigenvalue weighted by molar-refractivity contribution is -0.136. The van der Waals surface area contributed by atoms with E-state index in [2.05, 4.69) is 42.0 Å². The fourth-order valence-electron chi connectivity index (χ4n) is 5.96. The maximum Gasteiger partial charge on any atom is 0.326 e. The molecule has 2 heterocycles. The Labute approximate surface area is 185 Å². The van der Waals surface area contributed by atoms with E-state index >= 15 is 0 Å². The predicted molar refractivity (Wildman–Crippen MR) is 121 cm³/mol. The molecule has 4 rings (SSSR count). The number of ether oxygens (including phenoxy) is 1. The van der Waals surface area contributed by atoms with Gasteiger partial charge in [-0.15, -0.1) is 0 Å². The van der Waals surface area contributed by atoms with Gasteiger partial charge in [-0.3, -0.25) is 9.69 Å². The van der Waals surface area contributed by atoms with Crippen LogP contribution < -0.4 is 15.0 Å². The zero-order chi connectivity index (χ0) is 22.2. The third kappa shape index (κ3) is 4.38. The Hall–Kier alpha value is -2.28. The number of hydrogen-bond donors (Lipinski definition) is 1. The molecule has 1 aliphatic carbocycles. The van der Waals surface area contributed by atoms with Gasteiger partial charge in [0.05, 0.1) is 19.0 Å². The molecule has 1 aromatic rings. The summed E-state index contributed by atoms with van der Waals surface area (Å²) < 4.78 is 5.78. The van der Waals surface area contributed by atoms with Gasteiger partial charge < -0.3 is 15.0 Å². The average Bonchev–Trinajstić information content (AvgIpc) is 2.91. The van der Waals surface area contributed by atoms with Crippen LogP contribution in [0.5, 0.6) is 5.75 Å². The molecule has 7 nitrogen and oxygen atoms in total. The van der Waals surface area contributed by atoms with Gasteiger partial charge in [0.1, 0.15) is 11.3 Å². The van der Waals surface area contributed by atoms with Crippen LogP contribution in [0.3, 0.4) is 0 Å². The van der Waals surface area contributed by atoms with Crippen LogP contribution in [0.1, 0.15) is 47.0 Å². The molecule has 170 valence electrons. The number of imide groups is 1. The van der Waals surface area contributed by atoms with Gasteiger partial charge >= 0.3 is 6.03 Å². The average molecular weight is 429 g/mol. The minimum absolute atomic E-state index is 0.0405. The van der Waals surface area contributed by atoms with Crippen LogP contribution in [0.4, 0.5) is 10.5 Å². The maximum absolute atomic E-state index is 13.4. The Morgan fingerprint density at radius 3 is 2.48 bits per heavy atom. The number of nitrogens with zero attached hydrogens (tertiary/aromatic N) is 3. The minimum Gasteiger partial charge on any atom is -0.492 e. The molecule has 2 aliphatic heterocycles. The van der Waals surface area contributed by atoms with E-state index in [9.17, 15) is 9.59 Å². The lowest BCUT2D eigenvalue weighted by atomic mass is 9.64. The molecular formula is C24H36N4O3. The Morgan fingerprint density at radius 1 is 1.10 bits per heavy atom. The molecule has 7 heteroatoms. The van der Waals surface area contributed by atoms with Crippen molar-refractivity contribution in [3.8, 4) is 5.75 Å². The molecule has 2 unspecified atom stereocenters. The van der Waals surface area contributed by atoms with Crippen LogP contribution in [0.15, 0.2) is 24.3 Å². The van der Waals surface area contributed by atoms with Crippen LogP contribution in [0.2, 0.25) is 0 Å². The summed E-state index contributed by atoms with van der Waals surface area (Å²) in [5, 5.41) is 3.08. The number of carbonyl (C=O) groups excluding carboxylic acids is 2. The zero-order valence-electron chi connectivity index (χ0n) is 19.3. The van der Waals surface area contributed by atoms with Gasteiger partial charge in [-0.05, 0) is 49.7 Å². The molecule has 3 amide bonds. The van der Waals surface area contributed by atoms with Gasteiger partial charge in [-0.25, -0.2) is 9.69 Å². The van der Waals surface area contributed by atoms with E-state index in [0.29, 0.717) is 25.6 Å². The summed E-state index contributed by atoms with van der Waals surface area (Å²) in [6, 6.07) is 7.88. The van der Waals surface area contributed by atoms with Crippen LogP contribution >= 0.6 is 0 Å². The second-order valence-corrected chi connectivity index (χ2v) is 10.2. The van der Waals surface area contributed by atoms with E-state index in [0.717, 1.165) is 50.5 Å². The SMILES string of the molecule is CCOc1ccccc1N1CCN(CN2C(=O)NC3(CC(C)CC(C)(C)C3)C2=O)CC1. The third-order valence-electron chi connectivity index (χ3n) is 6.84. The largest absolute Gasteiger partial charge is 0.492 e. The second-order valence-electron chi connectivity index (χ2n) is 10.2. The third-order valence-corrected chi connectivity index (χ3v) is 6.84. The van der Waals surface area contributed by atoms with Crippen molar-refractivity contribution < 1.29 is 14.3 Å². The number of nitrogens with one attached hydrogen (secondary N) is 1. The number of carbonyl (C=O) groups is 2. The van der Waals surface area contributed by atoms with Gasteiger partial charge in [0.2, 0.25) is 0 Å². The Morgan fingerprint density at radius 2 is 1.81 bits per heavy atom. The molecule has 3 aliphatic rings. The van der Waals surface area contributed by atoms with Gasteiger partial charge in [0, 0.05) is 26.2 Å². The molecule has 1 aromatic carbocycles. The van der Waals surface area contributed by atoms with Gasteiger partial charge in [-0.2, -0.15) is 0 Å². The van der Waals surface area contributed by atoms with Gasteiger partial charge in [0.25, 0.3) is 5.91 Å². The number of anilines is 1. The molecule has 31 heavy (non-hydrogen) atoms. The molecule has 0 radical (unpaired) electrons. The highest BCUT2D eigenvalue weighted by Crippen LogP contribution is 2.46. The summed E-state index contributed by atoms with van der Waals surface area (Å²) in [6.07, 6.45) is 2.54. The van der Waals surface area contributed by atoms with Crippen molar-refractivity contribution in [1.82, 2.24) is 15.1 Å². The first kappa shape index (κ1) is 21.9. The highest BCUT2D eigenvalue weighted by Gasteiger charge is 2.56. The molecule has 1 saturated carbocycles. The number of rotatable bonds is 5. The summed E-state index contributed by atoms with van der Waals surface area (Å²) in [4.78, 5) is 32.1. The summed E-state index contributed by atoms with van der Waals surface area (Å²) in [7, 11) is 0. The maximum atomic E-state index is 13.4. The number of para-hydroxylation sites is 2. The topological polar surface area (TPSA) is 65.1 Å². The Balaban J connectivity index is 1.39. The van der Waals surface area contributed by atoms with E-state index in [1.165, 1.54) is 4.90 Å². The number of urea groups is 1. The Kier molecular flexibility index (Phi) is 5.90. The van der Waals surface area contributed by atoms with Crippen molar-refractivity contribution in [1.29, 1.82) is 0 Å². The van der Waals surface area contributed by atoms with E-state index in [-0.39, 0.29) is 17.4 Å². The fraction of sp³-hybridized carbons (Fsp3) is 0.667. The van der Waals surface area contributed by atoms with Crippen molar-refractivity contribution in [2.45, 2.75) is 52.5 Å². The van der Waals surface area contributed by atoms with Crippen molar-refractivity contribution in [3.63, 3.8) is 0 Å². The van der Waals surface area contributed by atoms with Crippen LogP contribution in [0.25, 0.3) is 0 Å². The van der Waals surface area contributed by atoms with E-state index in [1.807, 2.05) is 25.1 Å². The quantitative estimate of drug-likeness (QED) is 0.729. The summed E-state index contributed by atoms with van der Waals surface area (Å²) >= 11 is 0. The van der Waals surface area contributed by atoms with Crippen molar-refractivity contribution in [3.05, 3.63) is 24.3 Å². The van der Waals surface area contributed by atoms with Crippen molar-refractivity contribution >= 4 is 17.6 Å². The molecule has 3 fully saturated rings. The Bertz CT molecular complexity index is 834. The number of hydrogen-bond acceptors (Lipinski definition) is 5. The number of piperazine rings is 1. The first-order valence-corrected chi connectivity index (χ1v) is 11.6. The summed E-state index contributed by atoms with van der Waals surface area (Å²) in [5.74, 6) is 1.28. The molecule has 2 atom stereocenters. The normalized spacial score (nSPS) is 28.8. The monoisotopic (exact) mass is 428 g/mol. The standard InChI is InChI=1S/C24H36N4O3/c1-5-31-20-9-7-6-8-19(20)27-12-10-26(11-13-27)17-28-21(29)24(25-22(28)30)15-18(2)14-23(3,4)16-24/h6-9,18H,5,10-17H2,1-4H3,(H,25,30). The van der Waals surface area contributed by atoms with Crippen molar-refractivity contribution in [2.75, 3.05) is 44.4 Å². The van der Waals surface area contributed by atoms with Crippen LogP contribution in [0, 0.1) is 11.3 Å². The van der Waals surface area contributed by atoms with E-state index < -0.39 is 5.54 Å².